The van der Waals surface area contributed by atoms with Gasteiger partial charge in [0.1, 0.15) is 0 Å². The van der Waals surface area contributed by atoms with Gasteiger partial charge in [0.25, 0.3) is 5.91 Å². The summed E-state index contributed by atoms with van der Waals surface area (Å²) in [4.78, 5) is 19.0. The van der Waals surface area contributed by atoms with Crippen LogP contribution in [0.1, 0.15) is 54.4 Å². The molecule has 0 radical (unpaired) electrons. The Labute approximate surface area is 156 Å². The van der Waals surface area contributed by atoms with E-state index >= 15 is 0 Å². The molecule has 3 rings (SSSR count). The third kappa shape index (κ3) is 5.99. The fourth-order valence-electron chi connectivity index (χ4n) is 3.53. The van der Waals surface area contributed by atoms with E-state index in [2.05, 4.69) is 15.2 Å². The maximum Gasteiger partial charge on any atom is 0.251 e. The molecule has 26 heavy (non-hydrogen) atoms. The number of likely N-dealkylation sites (tertiary alicyclic amines) is 1. The molecule has 1 aromatic heterocycles. The zero-order chi connectivity index (χ0) is 18.0. The number of hydrogen-bond acceptors (Lipinski definition) is 3. The first-order chi connectivity index (χ1) is 12.8. The number of hydrogen-bond donors (Lipinski definition) is 1. The number of imidazole rings is 1. The van der Waals surface area contributed by atoms with Crippen LogP contribution in [0.25, 0.3) is 0 Å². The Kier molecular flexibility index (Phi) is 7.25. The van der Waals surface area contributed by atoms with Crippen LogP contribution >= 0.6 is 0 Å². The number of carbonyl (C=O) groups is 1. The van der Waals surface area contributed by atoms with Crippen molar-refractivity contribution in [1.29, 1.82) is 0 Å². The average Bonchev–Trinajstić information content (AvgIpc) is 3.18. The van der Waals surface area contributed by atoms with Crippen molar-refractivity contribution >= 4 is 5.91 Å². The van der Waals surface area contributed by atoms with Crippen molar-refractivity contribution in [3.8, 4) is 0 Å². The van der Waals surface area contributed by atoms with Gasteiger partial charge in [-0.25, -0.2) is 4.98 Å². The van der Waals surface area contributed by atoms with Gasteiger partial charge in [0, 0.05) is 31.0 Å². The van der Waals surface area contributed by atoms with Crippen LogP contribution in [-0.2, 0) is 6.54 Å². The van der Waals surface area contributed by atoms with E-state index in [1.54, 1.807) is 12.5 Å². The predicted octanol–water partition coefficient (Wildman–Crippen LogP) is 3.32. The third-order valence-electron chi connectivity index (χ3n) is 5.00. The summed E-state index contributed by atoms with van der Waals surface area (Å²) in [6, 6.07) is 7.83. The van der Waals surface area contributed by atoms with Crippen LogP contribution in [0.2, 0.25) is 0 Å². The van der Waals surface area contributed by atoms with Crippen molar-refractivity contribution < 1.29 is 4.79 Å². The molecule has 140 valence electrons. The number of piperidine rings is 1. The highest BCUT2D eigenvalue weighted by Crippen LogP contribution is 2.10. The summed E-state index contributed by atoms with van der Waals surface area (Å²) in [5.74, 6) is 0.0218. The summed E-state index contributed by atoms with van der Waals surface area (Å²) >= 11 is 0. The Bertz CT molecular complexity index is 662. The van der Waals surface area contributed by atoms with E-state index in [0.29, 0.717) is 0 Å². The molecule has 1 saturated heterocycles. The second kappa shape index (κ2) is 10.1. The van der Waals surface area contributed by atoms with Gasteiger partial charge in [0.05, 0.1) is 6.33 Å². The molecule has 1 amide bonds. The van der Waals surface area contributed by atoms with Gasteiger partial charge >= 0.3 is 0 Å². The van der Waals surface area contributed by atoms with Gasteiger partial charge in [-0.2, -0.15) is 0 Å². The molecule has 0 atom stereocenters. The summed E-state index contributed by atoms with van der Waals surface area (Å²) in [6.45, 7) is 5.24. The van der Waals surface area contributed by atoms with Crippen LogP contribution in [0, 0.1) is 0 Å². The molecule has 0 aliphatic carbocycles. The lowest BCUT2D eigenvalue weighted by Gasteiger charge is -2.26. The fraction of sp³-hybridized carbons (Fsp3) is 0.524. The van der Waals surface area contributed by atoms with Crippen molar-refractivity contribution in [2.45, 2.75) is 45.1 Å². The largest absolute Gasteiger partial charge is 0.352 e. The van der Waals surface area contributed by atoms with Crippen LogP contribution < -0.4 is 5.32 Å². The smallest absolute Gasteiger partial charge is 0.251 e. The van der Waals surface area contributed by atoms with Crippen molar-refractivity contribution in [3.05, 3.63) is 54.1 Å². The van der Waals surface area contributed by atoms with Gasteiger partial charge in [-0.05, 0) is 63.0 Å². The van der Waals surface area contributed by atoms with Gasteiger partial charge in [-0.3, -0.25) is 4.79 Å². The molecule has 0 unspecified atom stereocenters. The number of benzene rings is 1. The molecule has 1 aromatic carbocycles. The highest BCUT2D eigenvalue weighted by atomic mass is 16.1. The Hall–Kier alpha value is -2.14. The second-order valence-electron chi connectivity index (χ2n) is 7.15. The first-order valence-electron chi connectivity index (χ1n) is 9.86. The second-order valence-corrected chi connectivity index (χ2v) is 7.15. The molecule has 1 fully saturated rings. The number of amides is 1. The lowest BCUT2D eigenvalue weighted by Crippen LogP contribution is -2.30. The first kappa shape index (κ1) is 18.6. The molecule has 5 nitrogen and oxygen atoms in total. The van der Waals surface area contributed by atoms with E-state index in [0.717, 1.165) is 30.6 Å². The van der Waals surface area contributed by atoms with Gasteiger partial charge in [0.15, 0.2) is 0 Å². The fourth-order valence-corrected chi connectivity index (χ4v) is 3.53. The van der Waals surface area contributed by atoms with Crippen molar-refractivity contribution in [2.75, 3.05) is 26.2 Å². The lowest BCUT2D eigenvalue weighted by molar-refractivity contribution is 0.0952. The van der Waals surface area contributed by atoms with E-state index in [9.17, 15) is 4.79 Å². The number of unbranched alkanes of at least 4 members (excludes halogenated alkanes) is 2. The SMILES string of the molecule is O=C(NCCCCCN1CCCCC1)c1cccc(Cn2ccnc2)c1. The van der Waals surface area contributed by atoms with Gasteiger partial charge < -0.3 is 14.8 Å². The van der Waals surface area contributed by atoms with Crippen molar-refractivity contribution in [3.63, 3.8) is 0 Å². The van der Waals surface area contributed by atoms with Crippen LogP contribution in [0.3, 0.4) is 0 Å². The maximum atomic E-state index is 12.3. The topological polar surface area (TPSA) is 50.2 Å². The Morgan fingerprint density at radius 2 is 2.00 bits per heavy atom. The predicted molar refractivity (Wildman–Crippen MR) is 104 cm³/mol. The average molecular weight is 354 g/mol. The minimum Gasteiger partial charge on any atom is -0.352 e. The Balaban J connectivity index is 1.34. The zero-order valence-electron chi connectivity index (χ0n) is 15.6. The van der Waals surface area contributed by atoms with Crippen LogP contribution in [-0.4, -0.2) is 46.5 Å². The summed E-state index contributed by atoms with van der Waals surface area (Å²) in [7, 11) is 0. The molecule has 2 aromatic rings. The molecule has 0 saturated carbocycles. The van der Waals surface area contributed by atoms with Crippen molar-refractivity contribution in [2.24, 2.45) is 0 Å². The van der Waals surface area contributed by atoms with E-state index in [1.165, 1.54) is 51.7 Å². The lowest BCUT2D eigenvalue weighted by atomic mass is 10.1. The van der Waals surface area contributed by atoms with Gasteiger partial charge in [-0.15, -0.1) is 0 Å². The summed E-state index contributed by atoms with van der Waals surface area (Å²) < 4.78 is 2.00. The minimum absolute atomic E-state index is 0.0218. The molecule has 1 N–H and O–H groups in total. The van der Waals surface area contributed by atoms with Crippen LogP contribution in [0.5, 0.6) is 0 Å². The minimum atomic E-state index is 0.0218. The normalized spacial score (nSPS) is 15.1. The zero-order valence-corrected chi connectivity index (χ0v) is 15.6. The summed E-state index contributed by atoms with van der Waals surface area (Å²) in [5.41, 5.74) is 1.84. The molecular formula is C21H30N4O. The standard InChI is InChI=1S/C21H30N4O/c26-21(23-10-3-1-4-12-24-13-5-2-6-14-24)20-9-7-8-19(16-20)17-25-15-11-22-18-25/h7-9,11,15-16,18H,1-6,10,12-14,17H2,(H,23,26). The van der Waals surface area contributed by atoms with E-state index in [1.807, 2.05) is 35.0 Å². The molecule has 0 bridgehead atoms. The molecule has 1 aliphatic heterocycles. The number of carbonyl (C=O) groups excluding carboxylic acids is 1. The van der Waals surface area contributed by atoms with E-state index in [-0.39, 0.29) is 5.91 Å². The monoisotopic (exact) mass is 354 g/mol. The van der Waals surface area contributed by atoms with Crippen molar-refractivity contribution in [1.82, 2.24) is 19.8 Å². The van der Waals surface area contributed by atoms with Gasteiger partial charge in [0.2, 0.25) is 0 Å². The summed E-state index contributed by atoms with van der Waals surface area (Å²) in [6.07, 6.45) is 13.1. The van der Waals surface area contributed by atoms with E-state index in [4.69, 9.17) is 0 Å². The number of nitrogens with one attached hydrogen (secondary N) is 1. The summed E-state index contributed by atoms with van der Waals surface area (Å²) in [5, 5.41) is 3.05. The number of rotatable bonds is 9. The highest BCUT2D eigenvalue weighted by Gasteiger charge is 2.09. The molecular weight excluding hydrogens is 324 g/mol. The Morgan fingerprint density at radius 3 is 2.81 bits per heavy atom. The van der Waals surface area contributed by atoms with E-state index < -0.39 is 0 Å². The molecule has 0 spiro atoms. The molecule has 5 heteroatoms. The molecule has 1 aliphatic rings. The third-order valence-corrected chi connectivity index (χ3v) is 5.00. The quantitative estimate of drug-likeness (QED) is 0.703. The number of aromatic nitrogens is 2. The highest BCUT2D eigenvalue weighted by molar-refractivity contribution is 5.94. The maximum absolute atomic E-state index is 12.3. The molecule has 2 heterocycles. The first-order valence-corrected chi connectivity index (χ1v) is 9.86. The Morgan fingerprint density at radius 1 is 1.12 bits per heavy atom. The number of nitrogens with zero attached hydrogens (tertiary/aromatic N) is 3. The van der Waals surface area contributed by atoms with Crippen LogP contribution in [0.4, 0.5) is 0 Å². The van der Waals surface area contributed by atoms with Crippen LogP contribution in [0.15, 0.2) is 43.0 Å². The van der Waals surface area contributed by atoms with Gasteiger partial charge in [-0.1, -0.05) is 25.0 Å².